The number of rotatable bonds is 5. The second-order valence-electron chi connectivity index (χ2n) is 7.67. The van der Waals surface area contributed by atoms with Gasteiger partial charge in [-0.25, -0.2) is 0 Å². The highest BCUT2D eigenvalue weighted by Crippen LogP contribution is 2.31. The van der Waals surface area contributed by atoms with E-state index in [1.54, 1.807) is 0 Å². The summed E-state index contributed by atoms with van der Waals surface area (Å²) >= 11 is 0. The first-order chi connectivity index (χ1) is 10.0. The summed E-state index contributed by atoms with van der Waals surface area (Å²) in [6, 6.07) is 0.542. The molecule has 0 spiro atoms. The molecular formula is C18H34N2O. The smallest absolute Gasteiger partial charge is 0.241 e. The summed E-state index contributed by atoms with van der Waals surface area (Å²) in [7, 11) is 0. The Morgan fingerprint density at radius 1 is 1.24 bits per heavy atom. The molecule has 21 heavy (non-hydrogen) atoms. The summed E-state index contributed by atoms with van der Waals surface area (Å²) in [5.74, 6) is 1.83. The van der Waals surface area contributed by atoms with Gasteiger partial charge in [-0.1, -0.05) is 47.0 Å². The van der Waals surface area contributed by atoms with Crippen molar-refractivity contribution >= 4 is 5.91 Å². The second kappa shape index (κ2) is 7.62. The standard InChI is InChI=1S/C18H34N2O/c1-5-7-16-18(21)20(17(19-16)12-13(2)3)15-9-6-8-14(4)10-11-15/h13-17,19H,5-12H2,1-4H3. The highest BCUT2D eigenvalue weighted by atomic mass is 16.2. The van der Waals surface area contributed by atoms with Crippen molar-refractivity contribution in [2.24, 2.45) is 11.8 Å². The summed E-state index contributed by atoms with van der Waals surface area (Å²) in [6.45, 7) is 9.04. The summed E-state index contributed by atoms with van der Waals surface area (Å²) in [5.41, 5.74) is 0. The molecule has 0 aromatic rings. The normalized spacial score (nSPS) is 34.5. The van der Waals surface area contributed by atoms with Crippen LogP contribution in [0.5, 0.6) is 0 Å². The minimum atomic E-state index is 0.0689. The Morgan fingerprint density at radius 3 is 2.67 bits per heavy atom. The summed E-state index contributed by atoms with van der Waals surface area (Å²) in [4.78, 5) is 15.1. The van der Waals surface area contributed by atoms with Crippen LogP contribution in [-0.4, -0.2) is 29.1 Å². The molecule has 2 rings (SSSR count). The first-order valence-corrected chi connectivity index (χ1v) is 9.11. The number of carbonyl (C=O) groups is 1. The molecule has 2 fully saturated rings. The zero-order chi connectivity index (χ0) is 15.4. The lowest BCUT2D eigenvalue weighted by molar-refractivity contribution is -0.132. The predicted molar refractivity (Wildman–Crippen MR) is 88.0 cm³/mol. The number of nitrogens with zero attached hydrogens (tertiary/aromatic N) is 1. The SMILES string of the molecule is CCCC1NC(CC(C)C)N(C2CCCC(C)CC2)C1=O. The molecule has 1 amide bonds. The zero-order valence-corrected chi connectivity index (χ0v) is 14.4. The highest BCUT2D eigenvalue weighted by Gasteiger charge is 2.42. The van der Waals surface area contributed by atoms with Gasteiger partial charge in [-0.2, -0.15) is 0 Å². The Hall–Kier alpha value is -0.570. The molecule has 1 aliphatic carbocycles. The molecule has 4 atom stereocenters. The van der Waals surface area contributed by atoms with E-state index in [2.05, 4.69) is 37.9 Å². The Labute approximate surface area is 130 Å². The van der Waals surface area contributed by atoms with Crippen LogP contribution in [0.3, 0.4) is 0 Å². The van der Waals surface area contributed by atoms with Gasteiger partial charge in [0.25, 0.3) is 0 Å². The van der Waals surface area contributed by atoms with Crippen LogP contribution in [0.2, 0.25) is 0 Å². The van der Waals surface area contributed by atoms with E-state index >= 15 is 0 Å². The van der Waals surface area contributed by atoms with E-state index in [1.165, 1.54) is 32.1 Å². The number of nitrogens with one attached hydrogen (secondary N) is 1. The van der Waals surface area contributed by atoms with E-state index in [-0.39, 0.29) is 12.2 Å². The largest absolute Gasteiger partial charge is 0.323 e. The van der Waals surface area contributed by atoms with Crippen LogP contribution in [-0.2, 0) is 4.79 Å². The molecule has 3 nitrogen and oxygen atoms in total. The van der Waals surface area contributed by atoms with Gasteiger partial charge < -0.3 is 4.90 Å². The molecule has 0 radical (unpaired) electrons. The summed E-state index contributed by atoms with van der Waals surface area (Å²) < 4.78 is 0. The lowest BCUT2D eigenvalue weighted by atomic mass is 10.0. The zero-order valence-electron chi connectivity index (χ0n) is 14.4. The van der Waals surface area contributed by atoms with Gasteiger partial charge in [0.2, 0.25) is 5.91 Å². The van der Waals surface area contributed by atoms with Crippen molar-refractivity contribution in [1.29, 1.82) is 0 Å². The molecule has 122 valence electrons. The molecule has 1 aliphatic heterocycles. The average molecular weight is 294 g/mol. The second-order valence-corrected chi connectivity index (χ2v) is 7.67. The Kier molecular flexibility index (Phi) is 6.09. The van der Waals surface area contributed by atoms with Crippen LogP contribution in [0.4, 0.5) is 0 Å². The van der Waals surface area contributed by atoms with Gasteiger partial charge >= 0.3 is 0 Å². The maximum absolute atomic E-state index is 12.8. The monoisotopic (exact) mass is 294 g/mol. The van der Waals surface area contributed by atoms with Crippen molar-refractivity contribution in [3.8, 4) is 0 Å². The molecule has 1 saturated carbocycles. The minimum absolute atomic E-state index is 0.0689. The van der Waals surface area contributed by atoms with Gasteiger partial charge in [-0.3, -0.25) is 10.1 Å². The molecule has 0 aromatic heterocycles. The van der Waals surface area contributed by atoms with Crippen molar-refractivity contribution in [3.63, 3.8) is 0 Å². The van der Waals surface area contributed by atoms with Crippen molar-refractivity contribution in [2.75, 3.05) is 0 Å². The van der Waals surface area contributed by atoms with Crippen LogP contribution < -0.4 is 5.32 Å². The average Bonchev–Trinajstić information content (AvgIpc) is 2.59. The fourth-order valence-electron chi connectivity index (χ4n) is 4.02. The van der Waals surface area contributed by atoms with Crippen molar-refractivity contribution in [2.45, 2.75) is 97.3 Å². The lowest BCUT2D eigenvalue weighted by Crippen LogP contribution is -2.45. The van der Waals surface area contributed by atoms with E-state index in [4.69, 9.17) is 0 Å². The molecule has 1 N–H and O–H groups in total. The number of carbonyl (C=O) groups excluding carboxylic acids is 1. The van der Waals surface area contributed by atoms with Gasteiger partial charge in [0.05, 0.1) is 12.2 Å². The molecule has 0 bridgehead atoms. The molecule has 3 heteroatoms. The van der Waals surface area contributed by atoms with E-state index in [1.807, 2.05) is 0 Å². The highest BCUT2D eigenvalue weighted by molar-refractivity contribution is 5.84. The Bertz CT molecular complexity index is 340. The van der Waals surface area contributed by atoms with Crippen LogP contribution in [0.25, 0.3) is 0 Å². The lowest BCUT2D eigenvalue weighted by Gasteiger charge is -2.33. The Balaban J connectivity index is 2.09. The van der Waals surface area contributed by atoms with Crippen LogP contribution in [0.1, 0.15) is 79.1 Å². The maximum atomic E-state index is 12.8. The van der Waals surface area contributed by atoms with Crippen molar-refractivity contribution < 1.29 is 4.79 Å². The van der Waals surface area contributed by atoms with Crippen LogP contribution in [0.15, 0.2) is 0 Å². The van der Waals surface area contributed by atoms with Gasteiger partial charge in [-0.15, -0.1) is 0 Å². The molecule has 4 unspecified atom stereocenters. The third kappa shape index (κ3) is 4.21. The number of amides is 1. The van der Waals surface area contributed by atoms with Gasteiger partial charge in [0.1, 0.15) is 0 Å². The Morgan fingerprint density at radius 2 is 2.00 bits per heavy atom. The van der Waals surface area contributed by atoms with E-state index < -0.39 is 0 Å². The third-order valence-electron chi connectivity index (χ3n) is 5.17. The maximum Gasteiger partial charge on any atom is 0.241 e. The van der Waals surface area contributed by atoms with E-state index in [9.17, 15) is 4.79 Å². The van der Waals surface area contributed by atoms with Crippen LogP contribution >= 0.6 is 0 Å². The molecule has 0 aromatic carbocycles. The third-order valence-corrected chi connectivity index (χ3v) is 5.17. The summed E-state index contributed by atoms with van der Waals surface area (Å²) in [6.07, 6.45) is 9.70. The quantitative estimate of drug-likeness (QED) is 0.779. The topological polar surface area (TPSA) is 32.3 Å². The van der Waals surface area contributed by atoms with Gasteiger partial charge in [-0.05, 0) is 43.9 Å². The van der Waals surface area contributed by atoms with Gasteiger partial charge in [0, 0.05) is 6.04 Å². The molecular weight excluding hydrogens is 260 g/mol. The molecule has 1 saturated heterocycles. The predicted octanol–water partition coefficient (Wildman–Crippen LogP) is 3.93. The molecule has 1 heterocycles. The number of hydrogen-bond donors (Lipinski definition) is 1. The van der Waals surface area contributed by atoms with E-state index in [0.29, 0.717) is 17.9 Å². The van der Waals surface area contributed by atoms with Crippen molar-refractivity contribution in [1.82, 2.24) is 10.2 Å². The minimum Gasteiger partial charge on any atom is -0.323 e. The first kappa shape index (κ1) is 16.8. The first-order valence-electron chi connectivity index (χ1n) is 9.11. The van der Waals surface area contributed by atoms with Crippen molar-refractivity contribution in [3.05, 3.63) is 0 Å². The summed E-state index contributed by atoms with van der Waals surface area (Å²) in [5, 5.41) is 3.63. The van der Waals surface area contributed by atoms with Crippen LogP contribution in [0, 0.1) is 11.8 Å². The fraction of sp³-hybridized carbons (Fsp3) is 0.944. The molecule has 2 aliphatic rings. The number of hydrogen-bond acceptors (Lipinski definition) is 2. The van der Waals surface area contributed by atoms with Gasteiger partial charge in [0.15, 0.2) is 0 Å². The van der Waals surface area contributed by atoms with E-state index in [0.717, 1.165) is 25.2 Å². The fourth-order valence-corrected chi connectivity index (χ4v) is 4.02.